The van der Waals surface area contributed by atoms with Crippen LogP contribution in [0, 0.1) is 5.82 Å². The first kappa shape index (κ1) is 16.7. The molecule has 0 spiro atoms. The van der Waals surface area contributed by atoms with Crippen LogP contribution in [0.15, 0.2) is 40.9 Å². The molecule has 2 heterocycles. The topological polar surface area (TPSA) is 24.9 Å². The minimum atomic E-state index is -0.148. The summed E-state index contributed by atoms with van der Waals surface area (Å²) in [4.78, 5) is 4.50. The lowest BCUT2D eigenvalue weighted by Gasteiger charge is -2.36. The number of benzene rings is 2. The van der Waals surface area contributed by atoms with Crippen LogP contribution in [-0.2, 0) is 6.54 Å². The second-order valence-corrected chi connectivity index (χ2v) is 7.16. The van der Waals surface area contributed by atoms with Crippen LogP contribution < -0.4 is 14.4 Å². The zero-order valence-corrected chi connectivity index (χ0v) is 15.5. The fourth-order valence-electron chi connectivity index (χ4n) is 3.32. The highest BCUT2D eigenvalue weighted by Gasteiger charge is 2.21. The van der Waals surface area contributed by atoms with E-state index in [0.717, 1.165) is 48.7 Å². The Balaban J connectivity index is 1.41. The Bertz CT molecular complexity index is 763. The van der Waals surface area contributed by atoms with Gasteiger partial charge in [0.25, 0.3) is 0 Å². The van der Waals surface area contributed by atoms with Gasteiger partial charge in [-0.05, 0) is 29.8 Å². The standard InChI is InChI=1S/C19H20BrFN2O2/c20-15-12-19-18(24-9-10-25-19)11-14(15)13-22-5-7-23(8-6-22)17-4-2-1-3-16(17)21/h1-4,11-12H,5-10,13H2. The monoisotopic (exact) mass is 406 g/mol. The van der Waals surface area contributed by atoms with Gasteiger partial charge in [-0.2, -0.15) is 0 Å². The SMILES string of the molecule is Fc1ccccc1N1CCN(Cc2cc3c(cc2Br)OCCO3)CC1. The average molecular weight is 407 g/mol. The number of para-hydroxylation sites is 1. The van der Waals surface area contributed by atoms with E-state index in [1.807, 2.05) is 18.2 Å². The number of halogens is 2. The molecular formula is C19H20BrFN2O2. The normalized spacial score (nSPS) is 17.6. The summed E-state index contributed by atoms with van der Waals surface area (Å²) in [5.41, 5.74) is 1.88. The van der Waals surface area contributed by atoms with Crippen LogP contribution in [0.2, 0.25) is 0 Å². The van der Waals surface area contributed by atoms with Crippen molar-refractivity contribution in [1.82, 2.24) is 4.90 Å². The molecule has 25 heavy (non-hydrogen) atoms. The van der Waals surface area contributed by atoms with Gasteiger partial charge in [-0.15, -0.1) is 0 Å². The number of ether oxygens (including phenoxy) is 2. The van der Waals surface area contributed by atoms with E-state index in [1.54, 1.807) is 6.07 Å². The van der Waals surface area contributed by atoms with Gasteiger partial charge >= 0.3 is 0 Å². The number of piperazine rings is 1. The lowest BCUT2D eigenvalue weighted by Crippen LogP contribution is -2.46. The third-order valence-corrected chi connectivity index (χ3v) is 5.41. The molecule has 6 heteroatoms. The Labute approximate surface area is 155 Å². The fraction of sp³-hybridized carbons (Fsp3) is 0.368. The van der Waals surface area contributed by atoms with Gasteiger partial charge in [0.2, 0.25) is 0 Å². The molecule has 1 saturated heterocycles. The second-order valence-electron chi connectivity index (χ2n) is 6.30. The average Bonchev–Trinajstić information content (AvgIpc) is 2.63. The van der Waals surface area contributed by atoms with Crippen LogP contribution in [0.4, 0.5) is 10.1 Å². The molecule has 0 aliphatic carbocycles. The molecule has 0 bridgehead atoms. The predicted octanol–water partition coefficient (Wildman–Crippen LogP) is 3.68. The second kappa shape index (κ2) is 7.22. The zero-order chi connectivity index (χ0) is 17.2. The van der Waals surface area contributed by atoms with Gasteiger partial charge in [0.1, 0.15) is 19.0 Å². The number of fused-ring (bicyclic) bond motifs is 1. The van der Waals surface area contributed by atoms with E-state index in [1.165, 1.54) is 11.6 Å². The van der Waals surface area contributed by atoms with Crippen molar-refractivity contribution in [3.05, 3.63) is 52.3 Å². The third kappa shape index (κ3) is 3.60. The molecule has 2 aromatic rings. The van der Waals surface area contributed by atoms with Gasteiger partial charge in [0.15, 0.2) is 11.5 Å². The maximum atomic E-state index is 13.9. The summed E-state index contributed by atoms with van der Waals surface area (Å²) in [7, 11) is 0. The van der Waals surface area contributed by atoms with Crippen LogP contribution in [0.1, 0.15) is 5.56 Å². The maximum absolute atomic E-state index is 13.9. The van der Waals surface area contributed by atoms with E-state index < -0.39 is 0 Å². The molecule has 2 aliphatic heterocycles. The molecule has 0 amide bonds. The Morgan fingerprint density at radius 1 is 0.960 bits per heavy atom. The molecule has 4 rings (SSSR count). The first-order chi connectivity index (χ1) is 12.2. The van der Waals surface area contributed by atoms with Gasteiger partial charge < -0.3 is 14.4 Å². The highest BCUT2D eigenvalue weighted by molar-refractivity contribution is 9.10. The van der Waals surface area contributed by atoms with Crippen LogP contribution in [0.25, 0.3) is 0 Å². The predicted molar refractivity (Wildman–Crippen MR) is 99.0 cm³/mol. The number of hydrogen-bond donors (Lipinski definition) is 0. The van der Waals surface area contributed by atoms with Crippen LogP contribution in [-0.4, -0.2) is 44.3 Å². The van der Waals surface area contributed by atoms with Gasteiger partial charge in [0.05, 0.1) is 5.69 Å². The molecule has 2 aromatic carbocycles. The minimum Gasteiger partial charge on any atom is -0.486 e. The van der Waals surface area contributed by atoms with Crippen molar-refractivity contribution in [3.63, 3.8) is 0 Å². The van der Waals surface area contributed by atoms with E-state index in [2.05, 4.69) is 31.8 Å². The van der Waals surface area contributed by atoms with Crippen molar-refractivity contribution < 1.29 is 13.9 Å². The molecule has 2 aliphatic rings. The minimum absolute atomic E-state index is 0.148. The molecule has 0 radical (unpaired) electrons. The fourth-order valence-corrected chi connectivity index (χ4v) is 3.77. The van der Waals surface area contributed by atoms with Crippen molar-refractivity contribution in [2.75, 3.05) is 44.3 Å². The van der Waals surface area contributed by atoms with E-state index in [4.69, 9.17) is 9.47 Å². The first-order valence-corrected chi connectivity index (χ1v) is 9.30. The third-order valence-electron chi connectivity index (χ3n) is 4.67. The van der Waals surface area contributed by atoms with Crippen molar-refractivity contribution in [2.24, 2.45) is 0 Å². The zero-order valence-electron chi connectivity index (χ0n) is 13.9. The molecular weight excluding hydrogens is 387 g/mol. The molecule has 132 valence electrons. The van der Waals surface area contributed by atoms with E-state index in [0.29, 0.717) is 18.9 Å². The van der Waals surface area contributed by atoms with Crippen molar-refractivity contribution >= 4 is 21.6 Å². The van der Waals surface area contributed by atoms with E-state index >= 15 is 0 Å². The van der Waals surface area contributed by atoms with Gasteiger partial charge in [-0.1, -0.05) is 28.1 Å². The van der Waals surface area contributed by atoms with Crippen molar-refractivity contribution in [2.45, 2.75) is 6.54 Å². The van der Waals surface area contributed by atoms with Crippen molar-refractivity contribution in [1.29, 1.82) is 0 Å². The summed E-state index contributed by atoms with van der Waals surface area (Å²) in [6.07, 6.45) is 0. The molecule has 0 aromatic heterocycles. The number of rotatable bonds is 3. The largest absolute Gasteiger partial charge is 0.486 e. The highest BCUT2D eigenvalue weighted by Crippen LogP contribution is 2.36. The smallest absolute Gasteiger partial charge is 0.162 e. The number of anilines is 1. The molecule has 1 fully saturated rings. The molecule has 4 nitrogen and oxygen atoms in total. The van der Waals surface area contributed by atoms with Gasteiger partial charge in [-0.3, -0.25) is 4.90 Å². The number of nitrogens with zero attached hydrogens (tertiary/aromatic N) is 2. The summed E-state index contributed by atoms with van der Waals surface area (Å²) in [5.74, 6) is 1.46. The Morgan fingerprint density at radius 2 is 1.64 bits per heavy atom. The summed E-state index contributed by atoms with van der Waals surface area (Å²) in [6.45, 7) is 5.46. The quantitative estimate of drug-likeness (QED) is 0.775. The van der Waals surface area contributed by atoms with Crippen LogP contribution >= 0.6 is 15.9 Å². The summed E-state index contributed by atoms with van der Waals surface area (Å²) >= 11 is 3.64. The molecule has 0 atom stereocenters. The van der Waals surface area contributed by atoms with E-state index in [9.17, 15) is 4.39 Å². The lowest BCUT2D eigenvalue weighted by molar-refractivity contribution is 0.170. The van der Waals surface area contributed by atoms with Crippen LogP contribution in [0.5, 0.6) is 11.5 Å². The molecule has 0 saturated carbocycles. The number of hydrogen-bond acceptors (Lipinski definition) is 4. The first-order valence-electron chi connectivity index (χ1n) is 8.50. The molecule has 0 N–H and O–H groups in total. The summed E-state index contributed by atoms with van der Waals surface area (Å²) in [6, 6.07) is 11.0. The highest BCUT2D eigenvalue weighted by atomic mass is 79.9. The van der Waals surface area contributed by atoms with Gasteiger partial charge in [0, 0.05) is 37.2 Å². The summed E-state index contributed by atoms with van der Waals surface area (Å²) in [5, 5.41) is 0. The van der Waals surface area contributed by atoms with E-state index in [-0.39, 0.29) is 5.82 Å². The van der Waals surface area contributed by atoms with Crippen molar-refractivity contribution in [3.8, 4) is 11.5 Å². The Morgan fingerprint density at radius 3 is 2.36 bits per heavy atom. The van der Waals surface area contributed by atoms with Crippen LogP contribution in [0.3, 0.4) is 0 Å². The Hall–Kier alpha value is -1.79. The lowest BCUT2D eigenvalue weighted by atomic mass is 10.1. The van der Waals surface area contributed by atoms with Gasteiger partial charge in [-0.25, -0.2) is 4.39 Å². The molecule has 0 unspecified atom stereocenters. The maximum Gasteiger partial charge on any atom is 0.162 e. The summed E-state index contributed by atoms with van der Waals surface area (Å²) < 4.78 is 26.3. The Kier molecular flexibility index (Phi) is 4.81.